The van der Waals surface area contributed by atoms with Crippen LogP contribution in [0, 0.1) is 5.92 Å². The zero-order chi connectivity index (χ0) is 15.3. The van der Waals surface area contributed by atoms with E-state index < -0.39 is 0 Å². The molecule has 0 saturated carbocycles. The smallest absolute Gasteiger partial charge is 0.276 e. The van der Waals surface area contributed by atoms with Crippen LogP contribution in [0.5, 0.6) is 0 Å². The Morgan fingerprint density at radius 3 is 3.05 bits per heavy atom. The maximum atomic E-state index is 4.64. The summed E-state index contributed by atoms with van der Waals surface area (Å²) >= 11 is 1.78. The van der Waals surface area contributed by atoms with Crippen LogP contribution in [0.3, 0.4) is 0 Å². The van der Waals surface area contributed by atoms with E-state index in [9.17, 15) is 0 Å². The van der Waals surface area contributed by atoms with Crippen molar-refractivity contribution in [2.45, 2.75) is 26.8 Å². The van der Waals surface area contributed by atoms with E-state index in [1.165, 1.54) is 15.8 Å². The summed E-state index contributed by atoms with van der Waals surface area (Å²) < 4.78 is 1.76. The maximum absolute atomic E-state index is 4.64. The lowest BCUT2D eigenvalue weighted by Gasteiger charge is -2.22. The van der Waals surface area contributed by atoms with Crippen molar-refractivity contribution in [2.24, 2.45) is 5.92 Å². The van der Waals surface area contributed by atoms with Crippen molar-refractivity contribution >= 4 is 33.1 Å². The highest BCUT2D eigenvalue weighted by Gasteiger charge is 2.24. The highest BCUT2D eigenvalue weighted by atomic mass is 32.1. The van der Waals surface area contributed by atoms with Crippen LogP contribution in [0.2, 0.25) is 0 Å². The maximum Gasteiger partial charge on any atom is 0.276 e. The molecule has 0 spiro atoms. The largest absolute Gasteiger partial charge is 0.369 e. The molecule has 4 heterocycles. The van der Waals surface area contributed by atoms with E-state index in [0.29, 0.717) is 11.7 Å². The summed E-state index contributed by atoms with van der Waals surface area (Å²) in [5, 5.41) is 16.6. The first-order valence-corrected chi connectivity index (χ1v) is 8.40. The number of hydrogen-bond donors (Lipinski definition) is 1. The van der Waals surface area contributed by atoms with Gasteiger partial charge >= 0.3 is 0 Å². The zero-order valence-corrected chi connectivity index (χ0v) is 13.8. The van der Waals surface area contributed by atoms with E-state index >= 15 is 0 Å². The molecular weight excluding hydrogens is 298 g/mol. The lowest BCUT2D eigenvalue weighted by Crippen LogP contribution is -2.25. The number of hydrogen-bond acceptors (Lipinski definition) is 7. The Hall–Kier alpha value is -1.80. The van der Waals surface area contributed by atoms with E-state index in [2.05, 4.69) is 51.6 Å². The Bertz CT molecular complexity index is 835. The fourth-order valence-electron chi connectivity index (χ4n) is 2.88. The first kappa shape index (κ1) is 13.8. The van der Waals surface area contributed by atoms with Crippen molar-refractivity contribution in [3.63, 3.8) is 0 Å². The van der Waals surface area contributed by atoms with Crippen molar-refractivity contribution < 1.29 is 0 Å². The molecule has 8 heteroatoms. The summed E-state index contributed by atoms with van der Waals surface area (Å²) in [6.07, 6.45) is 1.05. The Kier molecular flexibility index (Phi) is 3.23. The van der Waals surface area contributed by atoms with Gasteiger partial charge in [-0.3, -0.25) is 0 Å². The van der Waals surface area contributed by atoms with Crippen LogP contribution in [-0.4, -0.2) is 50.1 Å². The van der Waals surface area contributed by atoms with Gasteiger partial charge in [-0.05, 0) is 35.4 Å². The first-order chi connectivity index (χ1) is 10.6. The van der Waals surface area contributed by atoms with Crippen LogP contribution in [-0.2, 0) is 13.0 Å². The van der Waals surface area contributed by atoms with Gasteiger partial charge in [0.15, 0.2) is 0 Å². The molecule has 0 fully saturated rings. The molecule has 0 bridgehead atoms. The number of likely N-dealkylation sites (N-methyl/N-ethyl adjacent to an activating group) is 1. The van der Waals surface area contributed by atoms with Gasteiger partial charge in [0.1, 0.15) is 10.6 Å². The van der Waals surface area contributed by atoms with Crippen LogP contribution < -0.4 is 5.32 Å². The average molecular weight is 317 g/mol. The van der Waals surface area contributed by atoms with Gasteiger partial charge < -0.3 is 10.2 Å². The Morgan fingerprint density at radius 1 is 1.36 bits per heavy atom. The molecule has 116 valence electrons. The van der Waals surface area contributed by atoms with E-state index in [1.807, 2.05) is 0 Å². The molecule has 4 rings (SSSR count). The minimum atomic E-state index is 0.560. The number of nitrogens with one attached hydrogen (secondary N) is 1. The summed E-state index contributed by atoms with van der Waals surface area (Å²) in [6, 6.07) is 0. The third kappa shape index (κ3) is 2.14. The summed E-state index contributed by atoms with van der Waals surface area (Å²) in [6.45, 7) is 7.35. The molecule has 3 aromatic rings. The number of nitrogens with zero attached hydrogens (tertiary/aromatic N) is 6. The van der Waals surface area contributed by atoms with Crippen LogP contribution in [0.1, 0.15) is 24.3 Å². The molecule has 1 N–H and O–H groups in total. The molecule has 3 aromatic heterocycles. The van der Waals surface area contributed by atoms with Crippen molar-refractivity contribution in [2.75, 3.05) is 25.5 Å². The first-order valence-electron chi connectivity index (χ1n) is 7.58. The van der Waals surface area contributed by atoms with Crippen LogP contribution >= 0.6 is 11.3 Å². The van der Waals surface area contributed by atoms with E-state index in [-0.39, 0.29) is 0 Å². The molecule has 0 aromatic carbocycles. The second-order valence-electron chi connectivity index (χ2n) is 6.30. The third-order valence-corrected chi connectivity index (χ3v) is 5.19. The van der Waals surface area contributed by atoms with Crippen molar-refractivity contribution in [1.29, 1.82) is 0 Å². The number of fused-ring (bicyclic) bond motifs is 5. The summed E-state index contributed by atoms with van der Waals surface area (Å²) in [7, 11) is 2.16. The molecule has 0 saturated heterocycles. The van der Waals surface area contributed by atoms with Crippen LogP contribution in [0.15, 0.2) is 0 Å². The molecule has 0 unspecified atom stereocenters. The molecule has 0 radical (unpaired) electrons. The summed E-state index contributed by atoms with van der Waals surface area (Å²) in [5.41, 5.74) is 1.41. The standard InChI is InChI=1S/C14H19N7S/c1-8(2)6-15-12-11-9-4-5-20(3)7-10(9)22-13(11)21-14(16-12)17-18-19-21/h8H,4-7H2,1-3H3,(H,15,16,17,19). The molecule has 0 aliphatic carbocycles. The summed E-state index contributed by atoms with van der Waals surface area (Å²) in [5.74, 6) is 2.04. The quantitative estimate of drug-likeness (QED) is 0.794. The van der Waals surface area contributed by atoms with Crippen molar-refractivity contribution in [3.8, 4) is 0 Å². The SMILES string of the molecule is CC(C)CNc1nc2nnnn2c2sc3c(c12)CCN(C)C3. The predicted molar refractivity (Wildman–Crippen MR) is 87.3 cm³/mol. The van der Waals surface area contributed by atoms with Crippen molar-refractivity contribution in [1.82, 2.24) is 29.9 Å². The fourth-order valence-corrected chi connectivity index (χ4v) is 4.25. The number of rotatable bonds is 3. The number of tetrazole rings is 1. The lowest BCUT2D eigenvalue weighted by molar-refractivity contribution is 0.318. The summed E-state index contributed by atoms with van der Waals surface area (Å²) in [4.78, 5) is 9.50. The highest BCUT2D eigenvalue weighted by Crippen LogP contribution is 2.38. The lowest BCUT2D eigenvalue weighted by atomic mass is 10.1. The fraction of sp³-hybridized carbons (Fsp3) is 0.571. The average Bonchev–Trinajstić information content (AvgIpc) is 3.07. The highest BCUT2D eigenvalue weighted by molar-refractivity contribution is 7.19. The Balaban J connectivity index is 1.95. The van der Waals surface area contributed by atoms with Gasteiger partial charge in [-0.15, -0.1) is 11.3 Å². The number of aromatic nitrogens is 5. The van der Waals surface area contributed by atoms with Gasteiger partial charge in [-0.2, -0.15) is 9.50 Å². The van der Waals surface area contributed by atoms with Crippen LogP contribution in [0.25, 0.3) is 16.0 Å². The molecular formula is C14H19N7S. The van der Waals surface area contributed by atoms with Gasteiger partial charge in [-0.1, -0.05) is 18.9 Å². The Morgan fingerprint density at radius 2 is 2.23 bits per heavy atom. The number of anilines is 1. The van der Waals surface area contributed by atoms with E-state index in [4.69, 9.17) is 0 Å². The predicted octanol–water partition coefficient (Wildman–Crippen LogP) is 1.79. The molecule has 7 nitrogen and oxygen atoms in total. The van der Waals surface area contributed by atoms with Crippen molar-refractivity contribution in [3.05, 3.63) is 10.4 Å². The molecule has 1 aliphatic heterocycles. The minimum absolute atomic E-state index is 0.560. The molecule has 1 aliphatic rings. The monoisotopic (exact) mass is 317 g/mol. The van der Waals surface area contributed by atoms with Gasteiger partial charge in [0, 0.05) is 24.5 Å². The Labute approximate surface area is 132 Å². The van der Waals surface area contributed by atoms with E-state index in [0.717, 1.165) is 36.7 Å². The topological polar surface area (TPSA) is 71.2 Å². The second-order valence-corrected chi connectivity index (χ2v) is 7.38. The van der Waals surface area contributed by atoms with Gasteiger partial charge in [0.25, 0.3) is 5.78 Å². The molecule has 22 heavy (non-hydrogen) atoms. The van der Waals surface area contributed by atoms with Crippen LogP contribution in [0.4, 0.5) is 5.82 Å². The number of thiophene rings is 1. The minimum Gasteiger partial charge on any atom is -0.369 e. The zero-order valence-electron chi connectivity index (χ0n) is 13.0. The molecule has 0 amide bonds. The van der Waals surface area contributed by atoms with E-state index in [1.54, 1.807) is 15.9 Å². The normalized spacial score (nSPS) is 15.8. The van der Waals surface area contributed by atoms with Gasteiger partial charge in [-0.25, -0.2) is 0 Å². The second kappa shape index (κ2) is 5.13. The third-order valence-electron chi connectivity index (χ3n) is 4.00. The van der Waals surface area contributed by atoms with Gasteiger partial charge in [0.2, 0.25) is 0 Å². The van der Waals surface area contributed by atoms with Gasteiger partial charge in [0.05, 0.1) is 5.39 Å². The molecule has 0 atom stereocenters.